The summed E-state index contributed by atoms with van der Waals surface area (Å²) in [4.78, 5) is 0. The number of nitrogens with one attached hydrogen (secondary N) is 2. The van der Waals surface area contributed by atoms with Gasteiger partial charge >= 0.3 is 0 Å². The molecule has 5 nitrogen and oxygen atoms in total. The van der Waals surface area contributed by atoms with E-state index in [2.05, 4.69) is 54.0 Å². The Hall–Kier alpha value is -2.08. The molecule has 2 aromatic carbocycles. The minimum Gasteiger partial charge on any atom is -0.491 e. The summed E-state index contributed by atoms with van der Waals surface area (Å²) in [5.74, 6) is 1.65. The minimum absolute atomic E-state index is 0.0700. The first kappa shape index (κ1) is 20.8. The molecule has 3 atom stereocenters. The number of aliphatic hydroxyl groups excluding tert-OH is 1. The summed E-state index contributed by atoms with van der Waals surface area (Å²) in [6.07, 6.45) is 5.31. The maximum atomic E-state index is 10.4. The van der Waals surface area contributed by atoms with E-state index >= 15 is 0 Å². The lowest BCUT2D eigenvalue weighted by Crippen LogP contribution is -2.40. The zero-order valence-corrected chi connectivity index (χ0v) is 18.4. The molecule has 5 rings (SSSR count). The lowest BCUT2D eigenvalue weighted by atomic mass is 9.91. The second-order valence-corrected chi connectivity index (χ2v) is 9.16. The van der Waals surface area contributed by atoms with E-state index in [1.54, 1.807) is 0 Å². The van der Waals surface area contributed by atoms with Gasteiger partial charge in [-0.15, -0.1) is 0 Å². The number of hydrogen-bond donors (Lipinski definition) is 3. The molecule has 166 valence electrons. The summed E-state index contributed by atoms with van der Waals surface area (Å²) in [6.45, 7) is 4.63. The van der Waals surface area contributed by atoms with E-state index in [0.717, 1.165) is 44.0 Å². The Morgan fingerprint density at radius 1 is 1.13 bits per heavy atom. The molecule has 1 aliphatic carbocycles. The van der Waals surface area contributed by atoms with Gasteiger partial charge in [-0.05, 0) is 72.5 Å². The molecular weight excluding hydrogens is 388 g/mol. The maximum Gasteiger partial charge on any atom is 0.142 e. The first-order valence-electron chi connectivity index (χ1n) is 11.9. The Morgan fingerprint density at radius 3 is 2.87 bits per heavy atom. The predicted molar refractivity (Wildman–Crippen MR) is 123 cm³/mol. The molecule has 0 radical (unpaired) electrons. The Morgan fingerprint density at radius 2 is 2.03 bits per heavy atom. The van der Waals surface area contributed by atoms with Crippen LogP contribution in [-0.4, -0.2) is 37.1 Å². The summed E-state index contributed by atoms with van der Waals surface area (Å²) in [5.41, 5.74) is 6.39. The number of hydrogen-bond acceptors (Lipinski definition) is 5. The van der Waals surface area contributed by atoms with Crippen LogP contribution >= 0.6 is 0 Å². The number of anilines is 1. The third-order valence-corrected chi connectivity index (χ3v) is 6.62. The Labute approximate surface area is 185 Å². The topological polar surface area (TPSA) is 62.8 Å². The second-order valence-electron chi connectivity index (χ2n) is 9.16. The van der Waals surface area contributed by atoms with E-state index in [4.69, 9.17) is 9.47 Å². The Balaban J connectivity index is 1.41. The average Bonchev–Trinajstić information content (AvgIpc) is 3.61. The van der Waals surface area contributed by atoms with E-state index in [-0.39, 0.29) is 18.4 Å². The Kier molecular flexibility index (Phi) is 6.17. The zero-order valence-electron chi connectivity index (χ0n) is 18.4. The van der Waals surface area contributed by atoms with Crippen molar-refractivity contribution >= 4 is 5.69 Å². The van der Waals surface area contributed by atoms with E-state index in [1.165, 1.54) is 35.1 Å². The van der Waals surface area contributed by atoms with Crippen LogP contribution in [0.15, 0.2) is 36.4 Å². The van der Waals surface area contributed by atoms with Crippen molar-refractivity contribution in [1.82, 2.24) is 5.32 Å². The van der Waals surface area contributed by atoms with Gasteiger partial charge in [0, 0.05) is 19.4 Å². The lowest BCUT2D eigenvalue weighted by molar-refractivity contribution is -0.110. The molecule has 3 unspecified atom stereocenters. The SMILES string of the molecule is CCNC1CC(O)CC(c2ccc(C3CC3)c(Cc3ccc4c(c3)OCCCN4)c2)O1. The van der Waals surface area contributed by atoms with Crippen molar-refractivity contribution in [2.45, 2.75) is 69.8 Å². The average molecular weight is 423 g/mol. The third-order valence-electron chi connectivity index (χ3n) is 6.62. The zero-order chi connectivity index (χ0) is 21.2. The van der Waals surface area contributed by atoms with E-state index in [9.17, 15) is 5.11 Å². The van der Waals surface area contributed by atoms with Crippen molar-refractivity contribution in [1.29, 1.82) is 0 Å². The molecule has 3 N–H and O–H groups in total. The number of fused-ring (bicyclic) bond motifs is 1. The van der Waals surface area contributed by atoms with Gasteiger partial charge in [-0.1, -0.05) is 31.2 Å². The van der Waals surface area contributed by atoms with Crippen molar-refractivity contribution in [3.63, 3.8) is 0 Å². The van der Waals surface area contributed by atoms with Crippen LogP contribution in [0.4, 0.5) is 5.69 Å². The number of rotatable bonds is 6. The van der Waals surface area contributed by atoms with Crippen LogP contribution in [0.3, 0.4) is 0 Å². The highest BCUT2D eigenvalue weighted by molar-refractivity contribution is 5.59. The van der Waals surface area contributed by atoms with Crippen LogP contribution < -0.4 is 15.4 Å². The predicted octanol–water partition coefficient (Wildman–Crippen LogP) is 4.50. The molecule has 3 aliphatic rings. The highest BCUT2D eigenvalue weighted by atomic mass is 16.5. The van der Waals surface area contributed by atoms with Crippen LogP contribution in [0.2, 0.25) is 0 Å². The summed E-state index contributed by atoms with van der Waals surface area (Å²) >= 11 is 0. The van der Waals surface area contributed by atoms with Crippen LogP contribution in [0.5, 0.6) is 5.75 Å². The highest BCUT2D eigenvalue weighted by Crippen LogP contribution is 2.43. The van der Waals surface area contributed by atoms with Gasteiger partial charge in [0.25, 0.3) is 0 Å². The van der Waals surface area contributed by atoms with Gasteiger partial charge in [0.2, 0.25) is 0 Å². The molecule has 2 aromatic rings. The van der Waals surface area contributed by atoms with E-state index in [0.29, 0.717) is 18.8 Å². The van der Waals surface area contributed by atoms with Gasteiger partial charge in [-0.25, -0.2) is 0 Å². The van der Waals surface area contributed by atoms with Gasteiger partial charge < -0.3 is 19.9 Å². The van der Waals surface area contributed by atoms with Gasteiger partial charge in [0.05, 0.1) is 24.5 Å². The smallest absolute Gasteiger partial charge is 0.142 e. The molecule has 2 aliphatic heterocycles. The van der Waals surface area contributed by atoms with Crippen molar-refractivity contribution in [3.05, 3.63) is 58.7 Å². The third kappa shape index (κ3) is 4.89. The molecule has 0 bridgehead atoms. The Bertz CT molecular complexity index is 912. The molecule has 1 saturated heterocycles. The first-order chi connectivity index (χ1) is 15.2. The molecule has 2 fully saturated rings. The quantitative estimate of drug-likeness (QED) is 0.640. The summed E-state index contributed by atoms with van der Waals surface area (Å²) in [5, 5.41) is 17.2. The molecule has 0 amide bonds. The summed E-state index contributed by atoms with van der Waals surface area (Å²) in [6, 6.07) is 13.4. The molecule has 0 spiro atoms. The number of ether oxygens (including phenoxy) is 2. The van der Waals surface area contributed by atoms with Gasteiger partial charge in [0.1, 0.15) is 12.0 Å². The van der Waals surface area contributed by atoms with Crippen molar-refractivity contribution in [2.75, 3.05) is 25.0 Å². The normalized spacial score (nSPS) is 25.8. The molecule has 1 saturated carbocycles. The summed E-state index contributed by atoms with van der Waals surface area (Å²) in [7, 11) is 0. The van der Waals surface area contributed by atoms with Crippen LogP contribution in [0.25, 0.3) is 0 Å². The van der Waals surface area contributed by atoms with Crippen LogP contribution in [0.1, 0.15) is 73.3 Å². The van der Waals surface area contributed by atoms with Gasteiger partial charge in [-0.3, -0.25) is 5.32 Å². The molecule has 5 heteroatoms. The molecule has 0 aromatic heterocycles. The monoisotopic (exact) mass is 422 g/mol. The molecule has 31 heavy (non-hydrogen) atoms. The number of benzene rings is 2. The van der Waals surface area contributed by atoms with Crippen molar-refractivity contribution < 1.29 is 14.6 Å². The minimum atomic E-state index is -0.330. The van der Waals surface area contributed by atoms with Crippen LogP contribution in [0, 0.1) is 0 Å². The van der Waals surface area contributed by atoms with Crippen LogP contribution in [-0.2, 0) is 11.2 Å². The number of aliphatic hydroxyl groups is 1. The largest absolute Gasteiger partial charge is 0.491 e. The molecular formula is C26H34N2O3. The van der Waals surface area contributed by atoms with Gasteiger partial charge in [0.15, 0.2) is 0 Å². The maximum absolute atomic E-state index is 10.4. The fraction of sp³-hybridized carbons (Fsp3) is 0.538. The second kappa shape index (κ2) is 9.19. The highest BCUT2D eigenvalue weighted by Gasteiger charge is 2.31. The van der Waals surface area contributed by atoms with Gasteiger partial charge in [-0.2, -0.15) is 0 Å². The first-order valence-corrected chi connectivity index (χ1v) is 11.9. The van der Waals surface area contributed by atoms with E-state index in [1.807, 2.05) is 0 Å². The fourth-order valence-corrected chi connectivity index (χ4v) is 4.88. The standard InChI is InChI=1S/C26H34N2O3/c1-2-27-26-16-21(29)15-24(31-26)19-7-8-22(18-5-6-18)20(14-19)12-17-4-9-23-25(13-17)30-11-3-10-28-23/h4,7-9,13-14,18,21,24,26-29H,2-3,5-6,10-12,15-16H2,1H3. The fourth-order valence-electron chi connectivity index (χ4n) is 4.88. The van der Waals surface area contributed by atoms with E-state index < -0.39 is 0 Å². The lowest BCUT2D eigenvalue weighted by Gasteiger charge is -2.34. The van der Waals surface area contributed by atoms with Crippen molar-refractivity contribution in [3.8, 4) is 5.75 Å². The van der Waals surface area contributed by atoms with Crippen molar-refractivity contribution in [2.24, 2.45) is 0 Å². The molecule has 2 heterocycles. The summed E-state index contributed by atoms with van der Waals surface area (Å²) < 4.78 is 12.3.